The van der Waals surface area contributed by atoms with Crippen LogP contribution in [0.4, 0.5) is 11.4 Å². The van der Waals surface area contributed by atoms with Crippen molar-refractivity contribution in [1.29, 1.82) is 0 Å². The van der Waals surface area contributed by atoms with Crippen molar-refractivity contribution in [3.63, 3.8) is 0 Å². The molecule has 0 unspecified atom stereocenters. The first-order chi connectivity index (χ1) is 17.0. The van der Waals surface area contributed by atoms with Gasteiger partial charge in [-0.05, 0) is 79.4 Å². The van der Waals surface area contributed by atoms with Gasteiger partial charge in [-0.25, -0.2) is 0 Å². The predicted molar refractivity (Wildman–Crippen MR) is 147 cm³/mol. The summed E-state index contributed by atoms with van der Waals surface area (Å²) in [4.78, 5) is 24.9. The van der Waals surface area contributed by atoms with Crippen LogP contribution in [0.3, 0.4) is 0 Å². The number of hydrogen-bond acceptors (Lipinski definition) is 5. The summed E-state index contributed by atoms with van der Waals surface area (Å²) in [6, 6.07) is 13.6. The lowest BCUT2D eigenvalue weighted by atomic mass is 10.0. The smallest absolute Gasteiger partial charge is 0.255 e. The fraction of sp³-hybridized carbons (Fsp3) is 0.185. The molecule has 0 fully saturated rings. The maximum absolute atomic E-state index is 12.7. The number of rotatable bonds is 8. The van der Waals surface area contributed by atoms with Gasteiger partial charge < -0.3 is 10.4 Å². The highest BCUT2D eigenvalue weighted by Crippen LogP contribution is 2.27. The van der Waals surface area contributed by atoms with E-state index in [-0.39, 0.29) is 34.6 Å². The molecular formula is C27H26Cl3N3O3. The zero-order chi connectivity index (χ0) is 26.6. The highest BCUT2D eigenvalue weighted by Gasteiger charge is 2.15. The van der Waals surface area contributed by atoms with Gasteiger partial charge in [0.2, 0.25) is 0 Å². The number of benzene rings is 3. The molecule has 0 aliphatic heterocycles. The Morgan fingerprint density at radius 1 is 0.861 bits per heavy atom. The van der Waals surface area contributed by atoms with Crippen LogP contribution in [0.1, 0.15) is 39.5 Å². The number of halogens is 3. The summed E-state index contributed by atoms with van der Waals surface area (Å²) >= 11 is 18.7. The van der Waals surface area contributed by atoms with E-state index in [1.54, 1.807) is 36.4 Å². The summed E-state index contributed by atoms with van der Waals surface area (Å²) in [6.07, 6.45) is 0.116. The first-order valence-electron chi connectivity index (χ1n) is 11.0. The van der Waals surface area contributed by atoms with Crippen molar-refractivity contribution in [3.8, 4) is 0 Å². The Morgan fingerprint density at radius 3 is 2.25 bits per heavy atom. The molecule has 0 heterocycles. The second-order valence-corrected chi connectivity index (χ2v) is 9.62. The number of carbonyl (C=O) groups is 2. The van der Waals surface area contributed by atoms with Crippen LogP contribution in [-0.2, 0) is 11.2 Å². The molecule has 1 amide bonds. The number of nitrogens with one attached hydrogen (secondary N) is 3. The number of hydrogen-bond donors (Lipinski definition) is 4. The van der Waals surface area contributed by atoms with Gasteiger partial charge in [-0.1, -0.05) is 46.9 Å². The Balaban J connectivity index is 1.74. The first-order valence-corrected chi connectivity index (χ1v) is 12.2. The lowest BCUT2D eigenvalue weighted by molar-refractivity contribution is -0.114. The van der Waals surface area contributed by atoms with E-state index in [0.29, 0.717) is 27.0 Å². The number of amides is 1. The monoisotopic (exact) mass is 545 g/mol. The normalized spacial score (nSPS) is 11.5. The number of aliphatic hydroxyl groups excluding tert-OH is 1. The van der Waals surface area contributed by atoms with E-state index in [1.165, 1.54) is 13.0 Å². The SMILES string of the molecule is CC(=O)/C(NNc1ccc(C(=O)Nc2cccc(Cl)c2C)cc1Cl)=C(/O)Cc1cc(Cl)c(C)cc1C. The molecule has 36 heavy (non-hydrogen) atoms. The maximum Gasteiger partial charge on any atom is 0.255 e. The van der Waals surface area contributed by atoms with Gasteiger partial charge in [-0.2, -0.15) is 0 Å². The van der Waals surface area contributed by atoms with Crippen molar-refractivity contribution >= 4 is 57.9 Å². The molecule has 0 radical (unpaired) electrons. The van der Waals surface area contributed by atoms with Crippen LogP contribution in [0.5, 0.6) is 0 Å². The number of allylic oxidation sites excluding steroid dienone is 2. The third-order valence-electron chi connectivity index (χ3n) is 5.69. The number of carbonyl (C=O) groups excluding carboxylic acids is 2. The Kier molecular flexibility index (Phi) is 8.90. The van der Waals surface area contributed by atoms with E-state index in [0.717, 1.165) is 22.3 Å². The van der Waals surface area contributed by atoms with Gasteiger partial charge in [0, 0.05) is 34.6 Å². The van der Waals surface area contributed by atoms with Crippen molar-refractivity contribution in [2.75, 3.05) is 10.7 Å². The molecule has 9 heteroatoms. The molecule has 0 saturated heterocycles. The van der Waals surface area contributed by atoms with Gasteiger partial charge in [0.25, 0.3) is 5.91 Å². The minimum Gasteiger partial charge on any atom is -0.510 e. The average molecular weight is 547 g/mol. The van der Waals surface area contributed by atoms with Crippen molar-refractivity contribution in [1.82, 2.24) is 5.43 Å². The van der Waals surface area contributed by atoms with E-state index in [4.69, 9.17) is 34.8 Å². The standard InChI is InChI=1S/C27H26Cl3N3O3/c1-14-10-15(2)21(29)12-19(14)13-25(35)26(17(4)34)33-32-24-9-8-18(11-22(24)30)27(36)31-23-7-5-6-20(28)16(23)3/h5-12,32-33,35H,13H2,1-4H3,(H,31,36)/b26-25-. The minimum atomic E-state index is -0.375. The second-order valence-electron chi connectivity index (χ2n) is 8.39. The average Bonchev–Trinajstić information content (AvgIpc) is 2.81. The summed E-state index contributed by atoms with van der Waals surface area (Å²) in [7, 11) is 0. The fourth-order valence-corrected chi connectivity index (χ4v) is 4.10. The van der Waals surface area contributed by atoms with Crippen molar-refractivity contribution in [2.24, 2.45) is 0 Å². The first kappa shape index (κ1) is 27.4. The molecule has 0 aliphatic rings. The zero-order valence-electron chi connectivity index (χ0n) is 20.2. The van der Waals surface area contributed by atoms with Crippen LogP contribution in [-0.4, -0.2) is 16.8 Å². The van der Waals surface area contributed by atoms with Gasteiger partial charge in [-0.15, -0.1) is 0 Å². The van der Waals surface area contributed by atoms with Crippen LogP contribution in [0, 0.1) is 20.8 Å². The van der Waals surface area contributed by atoms with Gasteiger partial charge in [0.15, 0.2) is 5.78 Å². The fourth-order valence-electron chi connectivity index (χ4n) is 3.51. The van der Waals surface area contributed by atoms with Gasteiger partial charge in [-0.3, -0.25) is 20.4 Å². The maximum atomic E-state index is 12.7. The van der Waals surface area contributed by atoms with E-state index < -0.39 is 0 Å². The Morgan fingerprint density at radius 2 is 1.58 bits per heavy atom. The zero-order valence-corrected chi connectivity index (χ0v) is 22.5. The lowest BCUT2D eigenvalue weighted by Gasteiger charge is -2.16. The van der Waals surface area contributed by atoms with Crippen LogP contribution in [0.15, 0.2) is 60.0 Å². The highest BCUT2D eigenvalue weighted by atomic mass is 35.5. The largest absolute Gasteiger partial charge is 0.510 e. The summed E-state index contributed by atoms with van der Waals surface area (Å²) < 4.78 is 0. The minimum absolute atomic E-state index is 0.0135. The topological polar surface area (TPSA) is 90.5 Å². The number of Topliss-reactive ketones (excluding diaryl/α,β-unsaturated/α-hetero) is 1. The van der Waals surface area contributed by atoms with Crippen LogP contribution in [0.25, 0.3) is 0 Å². The quantitative estimate of drug-likeness (QED) is 0.135. The predicted octanol–water partition coefficient (Wildman–Crippen LogP) is 7.34. The number of anilines is 2. The summed E-state index contributed by atoms with van der Waals surface area (Å²) in [5, 5.41) is 14.9. The van der Waals surface area contributed by atoms with E-state index >= 15 is 0 Å². The number of hydrazine groups is 1. The molecule has 0 aliphatic carbocycles. The van der Waals surface area contributed by atoms with Crippen LogP contribution < -0.4 is 16.2 Å². The molecule has 0 spiro atoms. The molecule has 4 N–H and O–H groups in total. The molecular weight excluding hydrogens is 521 g/mol. The molecule has 0 saturated carbocycles. The van der Waals surface area contributed by atoms with Crippen molar-refractivity contribution < 1.29 is 14.7 Å². The summed E-state index contributed by atoms with van der Waals surface area (Å²) in [6.45, 7) is 6.96. The lowest BCUT2D eigenvalue weighted by Crippen LogP contribution is -2.27. The molecule has 0 atom stereocenters. The molecule has 188 valence electrons. The summed E-state index contributed by atoms with van der Waals surface area (Å²) in [5.74, 6) is -0.877. The van der Waals surface area contributed by atoms with Gasteiger partial charge in [0.05, 0.1) is 10.7 Å². The molecule has 0 bridgehead atoms. The molecule has 3 aromatic rings. The number of aryl methyl sites for hydroxylation is 2. The number of aliphatic hydroxyl groups is 1. The Labute approximate surface area is 225 Å². The number of ketones is 1. The van der Waals surface area contributed by atoms with E-state index in [9.17, 15) is 14.7 Å². The van der Waals surface area contributed by atoms with Crippen LogP contribution in [0.2, 0.25) is 15.1 Å². The molecule has 6 nitrogen and oxygen atoms in total. The van der Waals surface area contributed by atoms with Gasteiger partial charge in [0.1, 0.15) is 11.5 Å². The third-order valence-corrected chi connectivity index (χ3v) is 6.81. The van der Waals surface area contributed by atoms with Crippen molar-refractivity contribution in [3.05, 3.63) is 103 Å². The Hall–Kier alpha value is -3.19. The highest BCUT2D eigenvalue weighted by molar-refractivity contribution is 6.34. The van der Waals surface area contributed by atoms with Crippen molar-refractivity contribution in [2.45, 2.75) is 34.1 Å². The van der Waals surface area contributed by atoms with E-state index in [2.05, 4.69) is 16.2 Å². The van der Waals surface area contributed by atoms with Gasteiger partial charge >= 0.3 is 0 Å². The summed E-state index contributed by atoms with van der Waals surface area (Å²) in [5.41, 5.74) is 10.3. The van der Waals surface area contributed by atoms with Crippen LogP contribution >= 0.6 is 34.8 Å². The molecule has 3 rings (SSSR count). The Bertz CT molecular complexity index is 1370. The van der Waals surface area contributed by atoms with E-state index in [1.807, 2.05) is 26.8 Å². The molecule has 0 aromatic heterocycles. The molecule has 3 aromatic carbocycles. The third kappa shape index (κ3) is 6.52. The second kappa shape index (κ2) is 11.7.